The van der Waals surface area contributed by atoms with E-state index in [4.69, 9.17) is 9.84 Å². The number of aliphatic hydroxyl groups excluding tert-OH is 1. The van der Waals surface area contributed by atoms with Crippen molar-refractivity contribution in [3.05, 3.63) is 29.1 Å². The number of hydrogen-bond donors (Lipinski definition) is 1. The lowest BCUT2D eigenvalue weighted by atomic mass is 10.1. The molecule has 6 heteroatoms. The number of alkyl halides is 2. The molecule has 18 heavy (non-hydrogen) atoms. The van der Waals surface area contributed by atoms with Crippen molar-refractivity contribution in [1.29, 1.82) is 0 Å². The van der Waals surface area contributed by atoms with E-state index < -0.39 is 12.4 Å². The molecule has 0 saturated carbocycles. The van der Waals surface area contributed by atoms with Crippen molar-refractivity contribution in [3.8, 4) is 0 Å². The molecule has 0 amide bonds. The van der Waals surface area contributed by atoms with Gasteiger partial charge in [0.25, 0.3) is 6.43 Å². The Morgan fingerprint density at radius 3 is 2.83 bits per heavy atom. The molecule has 1 rings (SSSR count). The zero-order valence-electron chi connectivity index (χ0n) is 10.0. The Labute approximate surface area is 104 Å². The van der Waals surface area contributed by atoms with Crippen LogP contribution >= 0.6 is 0 Å². The van der Waals surface area contributed by atoms with Crippen molar-refractivity contribution in [2.45, 2.75) is 26.2 Å². The molecule has 1 aromatic heterocycles. The van der Waals surface area contributed by atoms with Gasteiger partial charge in [-0.2, -0.15) is 0 Å². The Balaban J connectivity index is 3.00. The lowest BCUT2D eigenvalue weighted by Crippen LogP contribution is -2.08. The Morgan fingerprint density at radius 2 is 2.28 bits per heavy atom. The standard InChI is InChI=1S/C12H15F2NO3/c1-2-18-12(17)9-6-8(4-3-5-16)10(11(13)14)15-7-9/h6-7,11,16H,2-5H2,1H3. The molecule has 1 heterocycles. The minimum absolute atomic E-state index is 0.105. The zero-order chi connectivity index (χ0) is 13.5. The Hall–Kier alpha value is -1.56. The van der Waals surface area contributed by atoms with Crippen molar-refractivity contribution >= 4 is 5.97 Å². The van der Waals surface area contributed by atoms with E-state index in [-0.39, 0.29) is 36.5 Å². The molecule has 100 valence electrons. The first-order chi connectivity index (χ1) is 8.60. The normalized spacial score (nSPS) is 10.7. The predicted molar refractivity (Wildman–Crippen MR) is 60.6 cm³/mol. The van der Waals surface area contributed by atoms with Crippen LogP contribution in [-0.4, -0.2) is 29.3 Å². The summed E-state index contributed by atoms with van der Waals surface area (Å²) in [6, 6.07) is 1.35. The number of aryl methyl sites for hydroxylation is 1. The maximum absolute atomic E-state index is 12.7. The van der Waals surface area contributed by atoms with E-state index in [9.17, 15) is 13.6 Å². The first-order valence-electron chi connectivity index (χ1n) is 5.65. The largest absolute Gasteiger partial charge is 0.462 e. The number of carbonyl (C=O) groups excluding carboxylic acids is 1. The Bertz CT molecular complexity index is 410. The summed E-state index contributed by atoms with van der Waals surface area (Å²) in [4.78, 5) is 15.1. The van der Waals surface area contributed by atoms with Crippen LogP contribution in [-0.2, 0) is 11.2 Å². The van der Waals surface area contributed by atoms with Gasteiger partial charge in [-0.1, -0.05) is 0 Å². The Kier molecular flexibility index (Phi) is 5.64. The van der Waals surface area contributed by atoms with E-state index in [1.807, 2.05) is 0 Å². The van der Waals surface area contributed by atoms with E-state index in [0.717, 1.165) is 6.20 Å². The van der Waals surface area contributed by atoms with Gasteiger partial charge in [-0.3, -0.25) is 4.98 Å². The van der Waals surface area contributed by atoms with Crippen molar-refractivity contribution in [2.75, 3.05) is 13.2 Å². The third-order valence-corrected chi connectivity index (χ3v) is 2.32. The van der Waals surface area contributed by atoms with Crippen molar-refractivity contribution < 1.29 is 23.4 Å². The van der Waals surface area contributed by atoms with Crippen LogP contribution in [0.25, 0.3) is 0 Å². The number of halogens is 2. The number of rotatable bonds is 6. The van der Waals surface area contributed by atoms with Crippen molar-refractivity contribution in [2.24, 2.45) is 0 Å². The Morgan fingerprint density at radius 1 is 1.56 bits per heavy atom. The van der Waals surface area contributed by atoms with Crippen LogP contribution in [0.5, 0.6) is 0 Å². The number of hydrogen-bond acceptors (Lipinski definition) is 4. The van der Waals surface area contributed by atoms with Gasteiger partial charge in [0.2, 0.25) is 0 Å². The van der Waals surface area contributed by atoms with E-state index >= 15 is 0 Å². The first kappa shape index (κ1) is 14.5. The van der Waals surface area contributed by atoms with Gasteiger partial charge < -0.3 is 9.84 Å². The number of pyridine rings is 1. The first-order valence-corrected chi connectivity index (χ1v) is 5.65. The molecule has 0 spiro atoms. The van der Waals surface area contributed by atoms with Crippen LogP contribution in [0.4, 0.5) is 8.78 Å². The second-order valence-corrected chi connectivity index (χ2v) is 3.62. The number of nitrogens with zero attached hydrogens (tertiary/aromatic N) is 1. The fourth-order valence-corrected chi connectivity index (χ4v) is 1.51. The van der Waals surface area contributed by atoms with Crippen LogP contribution < -0.4 is 0 Å². The second-order valence-electron chi connectivity index (χ2n) is 3.62. The second kappa shape index (κ2) is 7.00. The molecule has 0 saturated heterocycles. The molecule has 0 aliphatic carbocycles. The van der Waals surface area contributed by atoms with Crippen molar-refractivity contribution in [3.63, 3.8) is 0 Å². The summed E-state index contributed by atoms with van der Waals surface area (Å²) >= 11 is 0. The van der Waals surface area contributed by atoms with Crippen LogP contribution in [0.15, 0.2) is 12.3 Å². The average Bonchev–Trinajstić information content (AvgIpc) is 2.36. The number of ether oxygens (including phenoxy) is 1. The molecular weight excluding hydrogens is 244 g/mol. The number of carbonyl (C=O) groups is 1. The summed E-state index contributed by atoms with van der Waals surface area (Å²) < 4.78 is 30.2. The molecular formula is C12H15F2NO3. The molecule has 0 fully saturated rings. The minimum Gasteiger partial charge on any atom is -0.462 e. The summed E-state index contributed by atoms with van der Waals surface area (Å²) in [6.07, 6.45) is -1.03. The minimum atomic E-state index is -2.70. The molecule has 0 aliphatic heterocycles. The topological polar surface area (TPSA) is 59.4 Å². The zero-order valence-corrected chi connectivity index (χ0v) is 10.0. The molecule has 0 aromatic carbocycles. The van der Waals surface area contributed by atoms with E-state index in [1.165, 1.54) is 6.07 Å². The summed E-state index contributed by atoms with van der Waals surface area (Å²) in [6.45, 7) is 1.76. The van der Waals surface area contributed by atoms with Crippen LogP contribution in [0.3, 0.4) is 0 Å². The third kappa shape index (κ3) is 3.73. The monoisotopic (exact) mass is 259 g/mol. The number of aromatic nitrogens is 1. The van der Waals surface area contributed by atoms with E-state index in [1.54, 1.807) is 6.92 Å². The van der Waals surface area contributed by atoms with Gasteiger partial charge >= 0.3 is 5.97 Å². The molecule has 0 aliphatic rings. The van der Waals surface area contributed by atoms with E-state index in [0.29, 0.717) is 6.42 Å². The van der Waals surface area contributed by atoms with Gasteiger partial charge in [0.15, 0.2) is 0 Å². The molecule has 4 nitrogen and oxygen atoms in total. The molecule has 0 radical (unpaired) electrons. The molecule has 0 atom stereocenters. The maximum atomic E-state index is 12.7. The van der Waals surface area contributed by atoms with Crippen molar-refractivity contribution in [1.82, 2.24) is 4.98 Å². The SMILES string of the molecule is CCOC(=O)c1cnc(C(F)F)c(CCCO)c1. The molecule has 0 unspecified atom stereocenters. The average molecular weight is 259 g/mol. The highest BCUT2D eigenvalue weighted by atomic mass is 19.3. The highest BCUT2D eigenvalue weighted by Crippen LogP contribution is 2.22. The lowest BCUT2D eigenvalue weighted by Gasteiger charge is -2.09. The quantitative estimate of drug-likeness (QED) is 0.795. The summed E-state index contributed by atoms with van der Waals surface area (Å²) in [7, 11) is 0. The van der Waals surface area contributed by atoms with Gasteiger partial charge in [0, 0.05) is 12.8 Å². The fraction of sp³-hybridized carbons (Fsp3) is 0.500. The van der Waals surface area contributed by atoms with Crippen LogP contribution in [0, 0.1) is 0 Å². The molecule has 1 N–H and O–H groups in total. The predicted octanol–water partition coefficient (Wildman–Crippen LogP) is 2.12. The number of esters is 1. The highest BCUT2D eigenvalue weighted by Gasteiger charge is 2.17. The number of aliphatic hydroxyl groups is 1. The fourth-order valence-electron chi connectivity index (χ4n) is 1.51. The smallest absolute Gasteiger partial charge is 0.339 e. The van der Waals surface area contributed by atoms with Gasteiger partial charge in [-0.05, 0) is 31.4 Å². The summed E-state index contributed by atoms with van der Waals surface area (Å²) in [5, 5.41) is 8.72. The van der Waals surface area contributed by atoms with Gasteiger partial charge in [0.1, 0.15) is 5.69 Å². The maximum Gasteiger partial charge on any atom is 0.339 e. The van der Waals surface area contributed by atoms with Gasteiger partial charge in [-0.15, -0.1) is 0 Å². The summed E-state index contributed by atoms with van der Waals surface area (Å²) in [5.41, 5.74) is 0.0651. The van der Waals surface area contributed by atoms with Crippen LogP contribution in [0.1, 0.15) is 41.4 Å². The summed E-state index contributed by atoms with van der Waals surface area (Å²) in [5.74, 6) is -0.587. The van der Waals surface area contributed by atoms with Gasteiger partial charge in [0.05, 0.1) is 12.2 Å². The third-order valence-electron chi connectivity index (χ3n) is 2.32. The molecule has 1 aromatic rings. The van der Waals surface area contributed by atoms with Crippen LogP contribution in [0.2, 0.25) is 0 Å². The highest BCUT2D eigenvalue weighted by molar-refractivity contribution is 5.89. The lowest BCUT2D eigenvalue weighted by molar-refractivity contribution is 0.0525. The van der Waals surface area contributed by atoms with Gasteiger partial charge in [-0.25, -0.2) is 13.6 Å². The molecule has 0 bridgehead atoms. The van der Waals surface area contributed by atoms with E-state index in [2.05, 4.69) is 4.98 Å².